The quantitative estimate of drug-likeness (QED) is 0.716. The third-order valence-corrected chi connectivity index (χ3v) is 2.81. The van der Waals surface area contributed by atoms with Crippen molar-refractivity contribution in [1.29, 1.82) is 0 Å². The maximum absolute atomic E-state index is 11.7. The Balaban J connectivity index is 1.74. The summed E-state index contributed by atoms with van der Waals surface area (Å²) in [5.74, 6) is -0.0596. The zero-order valence-electron chi connectivity index (χ0n) is 11.7. The van der Waals surface area contributed by atoms with Crippen molar-refractivity contribution in [3.63, 3.8) is 0 Å². The van der Waals surface area contributed by atoms with Gasteiger partial charge in [-0.15, -0.1) is 5.10 Å². The molecule has 21 heavy (non-hydrogen) atoms. The fraction of sp³-hybridized carbons (Fsp3) is 0.286. The van der Waals surface area contributed by atoms with Gasteiger partial charge in [0.2, 0.25) is 11.7 Å². The summed E-state index contributed by atoms with van der Waals surface area (Å²) in [5, 5.41) is 11.6. The number of rotatable bonds is 6. The highest BCUT2D eigenvalue weighted by atomic mass is 16.2. The van der Waals surface area contributed by atoms with Gasteiger partial charge in [-0.1, -0.05) is 37.3 Å². The van der Waals surface area contributed by atoms with Crippen LogP contribution < -0.4 is 10.6 Å². The molecule has 110 valence electrons. The minimum atomic E-state index is -0.471. The summed E-state index contributed by atoms with van der Waals surface area (Å²) >= 11 is 0. The molecule has 0 saturated heterocycles. The van der Waals surface area contributed by atoms with E-state index in [9.17, 15) is 9.59 Å². The van der Waals surface area contributed by atoms with Crippen molar-refractivity contribution in [1.82, 2.24) is 25.8 Å². The Morgan fingerprint density at radius 1 is 1.19 bits per heavy atom. The molecule has 1 aromatic heterocycles. The van der Waals surface area contributed by atoms with Crippen LogP contribution in [0.3, 0.4) is 0 Å². The highest BCUT2D eigenvalue weighted by Crippen LogP contribution is 1.97. The van der Waals surface area contributed by atoms with Crippen molar-refractivity contribution in [2.24, 2.45) is 0 Å². The molecule has 0 saturated carbocycles. The van der Waals surface area contributed by atoms with Crippen LogP contribution in [0.15, 0.2) is 30.3 Å². The van der Waals surface area contributed by atoms with Gasteiger partial charge in [0.05, 0.1) is 6.54 Å². The number of H-pyrrole nitrogens is 1. The monoisotopic (exact) mass is 287 g/mol. The van der Waals surface area contributed by atoms with Crippen LogP contribution in [0.25, 0.3) is 0 Å². The van der Waals surface area contributed by atoms with E-state index in [4.69, 9.17) is 0 Å². The summed E-state index contributed by atoms with van der Waals surface area (Å²) in [6.45, 7) is 2.22. The number of amides is 2. The number of nitrogens with zero attached hydrogens (tertiary/aromatic N) is 2. The number of carbonyl (C=O) groups is 2. The Hall–Kier alpha value is -2.70. The van der Waals surface area contributed by atoms with Crippen LogP contribution in [0.2, 0.25) is 0 Å². The van der Waals surface area contributed by atoms with Crippen LogP contribution >= 0.6 is 0 Å². The van der Waals surface area contributed by atoms with Gasteiger partial charge in [-0.05, 0) is 5.56 Å². The number of hydrogen-bond donors (Lipinski definition) is 3. The van der Waals surface area contributed by atoms with E-state index in [0.29, 0.717) is 18.8 Å². The predicted octanol–water partition coefficient (Wildman–Crippen LogP) is 0.413. The summed E-state index contributed by atoms with van der Waals surface area (Å²) in [7, 11) is 0. The van der Waals surface area contributed by atoms with Gasteiger partial charge >= 0.3 is 0 Å². The molecule has 7 heteroatoms. The molecule has 0 aliphatic rings. The molecule has 0 radical (unpaired) electrons. The van der Waals surface area contributed by atoms with Crippen LogP contribution in [-0.2, 0) is 17.8 Å². The molecule has 2 aromatic rings. The van der Waals surface area contributed by atoms with Gasteiger partial charge in [0.1, 0.15) is 5.82 Å². The second-order valence-electron chi connectivity index (χ2n) is 4.40. The van der Waals surface area contributed by atoms with Crippen molar-refractivity contribution in [2.45, 2.75) is 19.9 Å². The second kappa shape index (κ2) is 7.18. The fourth-order valence-corrected chi connectivity index (χ4v) is 1.65. The van der Waals surface area contributed by atoms with Crippen molar-refractivity contribution in [2.75, 3.05) is 6.54 Å². The van der Waals surface area contributed by atoms with E-state index in [1.165, 1.54) is 0 Å². The number of aromatic amines is 1. The van der Waals surface area contributed by atoms with E-state index in [1.54, 1.807) is 0 Å². The highest BCUT2D eigenvalue weighted by Gasteiger charge is 2.12. The molecule has 2 rings (SSSR count). The molecule has 0 unspecified atom stereocenters. The van der Waals surface area contributed by atoms with Crippen molar-refractivity contribution < 1.29 is 9.59 Å². The van der Waals surface area contributed by atoms with Crippen LogP contribution in [-0.4, -0.2) is 33.5 Å². The average Bonchev–Trinajstić information content (AvgIpc) is 3.00. The van der Waals surface area contributed by atoms with Crippen molar-refractivity contribution in [3.05, 3.63) is 47.5 Å². The maximum atomic E-state index is 11.7. The van der Waals surface area contributed by atoms with E-state index in [0.717, 1.165) is 5.56 Å². The van der Waals surface area contributed by atoms with Crippen LogP contribution in [0, 0.1) is 0 Å². The molecule has 3 N–H and O–H groups in total. The van der Waals surface area contributed by atoms with E-state index in [2.05, 4.69) is 25.8 Å². The number of aryl methyl sites for hydroxylation is 1. The molecule has 1 aromatic carbocycles. The predicted molar refractivity (Wildman–Crippen MR) is 76.4 cm³/mol. The van der Waals surface area contributed by atoms with E-state index < -0.39 is 5.91 Å². The first kappa shape index (κ1) is 14.7. The zero-order valence-corrected chi connectivity index (χ0v) is 11.7. The van der Waals surface area contributed by atoms with Gasteiger partial charge in [-0.25, -0.2) is 4.98 Å². The summed E-state index contributed by atoms with van der Waals surface area (Å²) < 4.78 is 0. The normalized spacial score (nSPS) is 10.1. The first-order valence-corrected chi connectivity index (χ1v) is 6.69. The molecule has 1 heterocycles. The number of carbonyl (C=O) groups excluding carboxylic acids is 2. The smallest absolute Gasteiger partial charge is 0.291 e. The molecular formula is C14H17N5O2. The SMILES string of the molecule is CCc1nc(C(=O)NCC(=O)NCc2ccccc2)n[nH]1. The van der Waals surface area contributed by atoms with E-state index >= 15 is 0 Å². The molecular weight excluding hydrogens is 270 g/mol. The Morgan fingerprint density at radius 2 is 1.95 bits per heavy atom. The number of nitrogens with one attached hydrogen (secondary N) is 3. The molecule has 7 nitrogen and oxygen atoms in total. The second-order valence-corrected chi connectivity index (χ2v) is 4.40. The molecule has 2 amide bonds. The molecule has 0 aliphatic carbocycles. The summed E-state index contributed by atoms with van der Waals surface area (Å²) in [5.41, 5.74) is 0.999. The summed E-state index contributed by atoms with van der Waals surface area (Å²) in [6.07, 6.45) is 0.665. The number of benzene rings is 1. The van der Waals surface area contributed by atoms with Gasteiger partial charge in [-0.3, -0.25) is 14.7 Å². The highest BCUT2D eigenvalue weighted by molar-refractivity contribution is 5.93. The Labute approximate surface area is 122 Å². The fourth-order valence-electron chi connectivity index (χ4n) is 1.65. The Bertz CT molecular complexity index is 609. The lowest BCUT2D eigenvalue weighted by Crippen LogP contribution is -2.37. The molecule has 0 aliphatic heterocycles. The van der Waals surface area contributed by atoms with Crippen molar-refractivity contribution in [3.8, 4) is 0 Å². The number of aromatic nitrogens is 3. The lowest BCUT2D eigenvalue weighted by Gasteiger charge is -2.05. The van der Waals surface area contributed by atoms with Crippen LogP contribution in [0.1, 0.15) is 28.9 Å². The largest absolute Gasteiger partial charge is 0.350 e. The number of hydrogen-bond acceptors (Lipinski definition) is 4. The summed E-state index contributed by atoms with van der Waals surface area (Å²) in [6, 6.07) is 9.54. The molecule has 0 fully saturated rings. The Kier molecular flexibility index (Phi) is 5.03. The first-order chi connectivity index (χ1) is 10.2. The minimum absolute atomic E-state index is 0.0442. The van der Waals surface area contributed by atoms with Gasteiger partial charge < -0.3 is 10.6 Å². The lowest BCUT2D eigenvalue weighted by atomic mass is 10.2. The van der Waals surface area contributed by atoms with Gasteiger partial charge in [-0.2, -0.15) is 0 Å². The average molecular weight is 287 g/mol. The first-order valence-electron chi connectivity index (χ1n) is 6.69. The molecule has 0 atom stereocenters. The minimum Gasteiger partial charge on any atom is -0.350 e. The Morgan fingerprint density at radius 3 is 2.62 bits per heavy atom. The molecule has 0 spiro atoms. The zero-order chi connectivity index (χ0) is 15.1. The third-order valence-electron chi connectivity index (χ3n) is 2.81. The maximum Gasteiger partial charge on any atom is 0.291 e. The van der Waals surface area contributed by atoms with Crippen molar-refractivity contribution >= 4 is 11.8 Å². The summed E-state index contributed by atoms with van der Waals surface area (Å²) in [4.78, 5) is 27.3. The van der Waals surface area contributed by atoms with Crippen LogP contribution in [0.5, 0.6) is 0 Å². The van der Waals surface area contributed by atoms with Gasteiger partial charge in [0, 0.05) is 13.0 Å². The molecule has 0 bridgehead atoms. The van der Waals surface area contributed by atoms with E-state index in [-0.39, 0.29) is 18.3 Å². The lowest BCUT2D eigenvalue weighted by molar-refractivity contribution is -0.120. The topological polar surface area (TPSA) is 99.8 Å². The van der Waals surface area contributed by atoms with Gasteiger partial charge in [0.15, 0.2) is 0 Å². The third kappa shape index (κ3) is 4.41. The van der Waals surface area contributed by atoms with E-state index in [1.807, 2.05) is 37.3 Å². The van der Waals surface area contributed by atoms with Gasteiger partial charge in [0.25, 0.3) is 5.91 Å². The standard InChI is InChI=1S/C14H17N5O2/c1-2-11-17-13(19-18-11)14(21)16-9-12(20)15-8-10-6-4-3-5-7-10/h3-7H,2,8-9H2,1H3,(H,15,20)(H,16,21)(H,17,18,19). The van der Waals surface area contributed by atoms with Crippen LogP contribution in [0.4, 0.5) is 0 Å².